The molecule has 1 heterocycles. The first-order valence-electron chi connectivity index (χ1n) is 4.87. The fourth-order valence-electron chi connectivity index (χ4n) is 0.992. The van der Waals surface area contributed by atoms with Gasteiger partial charge in [0.2, 0.25) is 0 Å². The Bertz CT molecular complexity index is 406. The van der Waals surface area contributed by atoms with E-state index in [0.29, 0.717) is 6.54 Å². The number of aliphatic imine (C=N–C) groups is 1. The summed E-state index contributed by atoms with van der Waals surface area (Å²) in [5.41, 5.74) is 6.79. The molecule has 0 aromatic carbocycles. The van der Waals surface area contributed by atoms with Gasteiger partial charge in [-0.1, -0.05) is 12.2 Å². The molecule has 1 rings (SSSR count). The lowest BCUT2D eigenvalue weighted by molar-refractivity contribution is 0.600. The van der Waals surface area contributed by atoms with Crippen molar-refractivity contribution < 1.29 is 4.39 Å². The molecule has 1 aromatic rings. The number of nitrogens with one attached hydrogen (secondary N) is 1. The molecule has 17 heavy (non-hydrogen) atoms. The number of guanidine groups is 1. The summed E-state index contributed by atoms with van der Waals surface area (Å²) in [5.74, 6) is -0.119. The van der Waals surface area contributed by atoms with Crippen molar-refractivity contribution >= 4 is 29.9 Å². The third-order valence-electron chi connectivity index (χ3n) is 1.81. The molecule has 0 aliphatic carbocycles. The number of nitrogens with zero attached hydrogens (tertiary/aromatic N) is 2. The number of pyridine rings is 1. The Kier molecular flexibility index (Phi) is 7.44. The number of aromatic nitrogens is 1. The van der Waals surface area contributed by atoms with Crippen LogP contribution in [0, 0.1) is 5.82 Å². The van der Waals surface area contributed by atoms with Gasteiger partial charge in [0.15, 0.2) is 5.96 Å². The first-order chi connectivity index (χ1) is 7.59. The van der Waals surface area contributed by atoms with Gasteiger partial charge in [-0.2, -0.15) is 0 Å². The van der Waals surface area contributed by atoms with Gasteiger partial charge in [-0.05, 0) is 19.1 Å². The van der Waals surface area contributed by atoms with E-state index in [1.165, 1.54) is 18.3 Å². The summed E-state index contributed by atoms with van der Waals surface area (Å²) in [6.07, 6.45) is 1.52. The van der Waals surface area contributed by atoms with Gasteiger partial charge in [0.05, 0.1) is 12.2 Å². The largest absolute Gasteiger partial charge is 0.370 e. The molecule has 0 atom stereocenters. The smallest absolute Gasteiger partial charge is 0.189 e. The molecule has 1 aromatic heterocycles. The Morgan fingerprint density at radius 1 is 1.65 bits per heavy atom. The maximum atomic E-state index is 13.1. The third-order valence-corrected chi connectivity index (χ3v) is 1.81. The Labute approximate surface area is 117 Å². The second-order valence-corrected chi connectivity index (χ2v) is 3.44. The van der Waals surface area contributed by atoms with Crippen LogP contribution >= 0.6 is 24.0 Å². The van der Waals surface area contributed by atoms with Gasteiger partial charge < -0.3 is 11.1 Å². The summed E-state index contributed by atoms with van der Waals surface area (Å²) < 4.78 is 13.1. The highest BCUT2D eigenvalue weighted by molar-refractivity contribution is 14.0. The van der Waals surface area contributed by atoms with Gasteiger partial charge in [0.25, 0.3) is 0 Å². The quantitative estimate of drug-likeness (QED) is 0.377. The minimum atomic E-state index is -0.376. The number of halogens is 2. The van der Waals surface area contributed by atoms with E-state index in [1.54, 1.807) is 0 Å². The molecule has 94 valence electrons. The van der Waals surface area contributed by atoms with E-state index in [4.69, 9.17) is 5.73 Å². The Morgan fingerprint density at radius 2 is 2.35 bits per heavy atom. The lowest BCUT2D eigenvalue weighted by Gasteiger charge is -2.04. The van der Waals surface area contributed by atoms with Crippen molar-refractivity contribution in [1.82, 2.24) is 10.3 Å². The molecular formula is C11H16FIN4. The van der Waals surface area contributed by atoms with Crippen LogP contribution in [0.4, 0.5) is 4.39 Å². The van der Waals surface area contributed by atoms with Crippen LogP contribution in [0.2, 0.25) is 0 Å². The van der Waals surface area contributed by atoms with Crippen molar-refractivity contribution in [2.45, 2.75) is 13.5 Å². The van der Waals surface area contributed by atoms with Gasteiger partial charge in [-0.25, -0.2) is 9.38 Å². The number of hydrogen-bond donors (Lipinski definition) is 2. The number of hydrogen-bond acceptors (Lipinski definition) is 2. The highest BCUT2D eigenvalue weighted by Gasteiger charge is 2.00. The summed E-state index contributed by atoms with van der Waals surface area (Å²) in [4.78, 5) is 7.83. The second kappa shape index (κ2) is 7.99. The highest BCUT2D eigenvalue weighted by Crippen LogP contribution is 2.03. The van der Waals surface area contributed by atoms with E-state index in [9.17, 15) is 4.39 Å². The van der Waals surface area contributed by atoms with E-state index >= 15 is 0 Å². The first-order valence-corrected chi connectivity index (χ1v) is 4.87. The normalized spacial score (nSPS) is 10.6. The van der Waals surface area contributed by atoms with Gasteiger partial charge in [0.1, 0.15) is 5.82 Å². The van der Waals surface area contributed by atoms with Gasteiger partial charge >= 0.3 is 0 Å². The van der Waals surface area contributed by atoms with Crippen LogP contribution < -0.4 is 11.1 Å². The summed E-state index contributed by atoms with van der Waals surface area (Å²) in [7, 11) is 0. The first kappa shape index (κ1) is 15.8. The zero-order valence-electron chi connectivity index (χ0n) is 9.61. The van der Waals surface area contributed by atoms with E-state index in [-0.39, 0.29) is 48.0 Å². The summed E-state index contributed by atoms with van der Waals surface area (Å²) >= 11 is 0. The molecule has 0 bridgehead atoms. The molecule has 0 aliphatic heterocycles. The van der Waals surface area contributed by atoms with Crippen molar-refractivity contribution in [3.05, 3.63) is 42.0 Å². The summed E-state index contributed by atoms with van der Waals surface area (Å²) in [5, 5.41) is 2.85. The predicted molar refractivity (Wildman–Crippen MR) is 77.8 cm³/mol. The molecule has 0 amide bonds. The fraction of sp³-hybridized carbons (Fsp3) is 0.273. The fourth-order valence-corrected chi connectivity index (χ4v) is 0.992. The van der Waals surface area contributed by atoms with Crippen LogP contribution in [0.15, 0.2) is 35.5 Å². The standard InChI is InChI=1S/C11H15FN4.HI/c1-8(2)6-15-11(13)16-7-10-9(12)4-3-5-14-10;/h3-5H,1,6-7H2,2H3,(H3,13,15,16);1H. The highest BCUT2D eigenvalue weighted by atomic mass is 127. The number of rotatable bonds is 4. The Morgan fingerprint density at radius 3 is 2.94 bits per heavy atom. The molecule has 0 aliphatic rings. The lowest BCUT2D eigenvalue weighted by Crippen LogP contribution is -2.32. The van der Waals surface area contributed by atoms with E-state index in [1.807, 2.05) is 6.92 Å². The molecule has 4 nitrogen and oxygen atoms in total. The molecular weight excluding hydrogens is 334 g/mol. The maximum Gasteiger partial charge on any atom is 0.189 e. The molecule has 3 N–H and O–H groups in total. The second-order valence-electron chi connectivity index (χ2n) is 3.44. The molecule has 6 heteroatoms. The summed E-state index contributed by atoms with van der Waals surface area (Å²) in [6.45, 7) is 6.27. The topological polar surface area (TPSA) is 63.3 Å². The van der Waals surface area contributed by atoms with Gasteiger partial charge in [-0.3, -0.25) is 4.98 Å². The molecule has 0 fully saturated rings. The van der Waals surface area contributed by atoms with Crippen molar-refractivity contribution in [2.24, 2.45) is 10.7 Å². The molecule has 0 saturated carbocycles. The average Bonchev–Trinajstić information content (AvgIpc) is 2.25. The third kappa shape index (κ3) is 6.20. The zero-order chi connectivity index (χ0) is 12.0. The van der Waals surface area contributed by atoms with Crippen molar-refractivity contribution in [1.29, 1.82) is 0 Å². The van der Waals surface area contributed by atoms with Crippen LogP contribution in [0.3, 0.4) is 0 Å². The monoisotopic (exact) mass is 350 g/mol. The van der Waals surface area contributed by atoms with Crippen molar-refractivity contribution in [3.8, 4) is 0 Å². The van der Waals surface area contributed by atoms with E-state index < -0.39 is 0 Å². The minimum Gasteiger partial charge on any atom is -0.370 e. The van der Waals surface area contributed by atoms with E-state index in [0.717, 1.165) is 5.57 Å². The van der Waals surface area contributed by atoms with Crippen LogP contribution in [-0.2, 0) is 6.54 Å². The summed E-state index contributed by atoms with van der Waals surface area (Å²) in [6, 6.07) is 2.88. The van der Waals surface area contributed by atoms with Crippen LogP contribution in [0.25, 0.3) is 0 Å². The van der Waals surface area contributed by atoms with Crippen LogP contribution in [-0.4, -0.2) is 17.5 Å². The molecule has 0 radical (unpaired) electrons. The van der Waals surface area contributed by atoms with E-state index in [2.05, 4.69) is 21.9 Å². The molecule has 0 saturated heterocycles. The van der Waals surface area contributed by atoms with Crippen LogP contribution in [0.5, 0.6) is 0 Å². The zero-order valence-corrected chi connectivity index (χ0v) is 11.9. The van der Waals surface area contributed by atoms with Gasteiger partial charge in [-0.15, -0.1) is 24.0 Å². The molecule has 0 spiro atoms. The predicted octanol–water partition coefficient (Wildman–Crippen LogP) is 1.82. The van der Waals surface area contributed by atoms with Crippen LogP contribution in [0.1, 0.15) is 12.6 Å². The number of nitrogens with two attached hydrogens (primary N) is 1. The Balaban J connectivity index is 0.00000256. The molecule has 0 unspecified atom stereocenters. The average molecular weight is 350 g/mol. The van der Waals surface area contributed by atoms with Gasteiger partial charge in [0, 0.05) is 12.7 Å². The van der Waals surface area contributed by atoms with Crippen molar-refractivity contribution in [3.63, 3.8) is 0 Å². The SMILES string of the molecule is C=C(C)CNC(N)=NCc1ncccc1F.I. The van der Waals surface area contributed by atoms with Crippen molar-refractivity contribution in [2.75, 3.05) is 6.54 Å². The lowest BCUT2D eigenvalue weighted by atomic mass is 10.3. The maximum absolute atomic E-state index is 13.1. The minimum absolute atomic E-state index is 0. The Hall–Kier alpha value is -1.18.